The zero-order valence-corrected chi connectivity index (χ0v) is 14.7. The Morgan fingerprint density at radius 3 is 2.91 bits per heavy atom. The summed E-state index contributed by atoms with van der Waals surface area (Å²) >= 11 is 2.80. The van der Waals surface area contributed by atoms with Crippen molar-refractivity contribution >= 4 is 45.2 Å². The van der Waals surface area contributed by atoms with Gasteiger partial charge >= 0.3 is 0 Å². The highest BCUT2D eigenvalue weighted by molar-refractivity contribution is 8.15. The van der Waals surface area contributed by atoms with Gasteiger partial charge in [0, 0.05) is 30.6 Å². The number of rotatable bonds is 5. The summed E-state index contributed by atoms with van der Waals surface area (Å²) in [5.74, 6) is -0.0660. The van der Waals surface area contributed by atoms with Gasteiger partial charge in [0.05, 0.1) is 0 Å². The van der Waals surface area contributed by atoms with Gasteiger partial charge in [-0.2, -0.15) is 4.99 Å². The molecule has 1 aromatic heterocycles. The Kier molecular flexibility index (Phi) is 5.32. The number of carbonyl (C=O) groups excluding carboxylic acids is 2. The summed E-state index contributed by atoms with van der Waals surface area (Å²) in [6, 6.07) is 0.287. The van der Waals surface area contributed by atoms with Crippen LogP contribution in [0.3, 0.4) is 0 Å². The van der Waals surface area contributed by atoms with E-state index < -0.39 is 0 Å². The quantitative estimate of drug-likeness (QED) is 0.884. The van der Waals surface area contributed by atoms with Crippen LogP contribution in [0.2, 0.25) is 0 Å². The Labute approximate surface area is 143 Å². The van der Waals surface area contributed by atoms with Gasteiger partial charge in [-0.1, -0.05) is 24.6 Å². The van der Waals surface area contributed by atoms with Gasteiger partial charge in [-0.05, 0) is 19.8 Å². The van der Waals surface area contributed by atoms with Crippen LogP contribution in [0, 0.1) is 0 Å². The average molecular weight is 352 g/mol. The molecule has 1 aromatic rings. The first-order valence-corrected chi connectivity index (χ1v) is 9.69. The normalized spacial score (nSPS) is 23.9. The Morgan fingerprint density at radius 2 is 2.26 bits per heavy atom. The molecule has 1 atom stereocenters. The van der Waals surface area contributed by atoms with Crippen molar-refractivity contribution in [1.82, 2.24) is 15.2 Å². The molecule has 2 fully saturated rings. The van der Waals surface area contributed by atoms with Crippen molar-refractivity contribution in [3.05, 3.63) is 11.6 Å². The lowest BCUT2D eigenvalue weighted by molar-refractivity contribution is -0.129. The first kappa shape index (κ1) is 16.4. The molecule has 2 amide bonds. The van der Waals surface area contributed by atoms with Crippen molar-refractivity contribution in [3.63, 3.8) is 0 Å². The van der Waals surface area contributed by atoms with E-state index in [0.29, 0.717) is 16.8 Å². The highest BCUT2D eigenvalue weighted by Crippen LogP contribution is 2.32. The molecule has 6 nitrogen and oxygen atoms in total. The number of thiazole rings is 1. The molecule has 1 aliphatic carbocycles. The molecule has 1 N–H and O–H groups in total. The van der Waals surface area contributed by atoms with E-state index in [2.05, 4.69) is 15.3 Å². The number of amidine groups is 1. The van der Waals surface area contributed by atoms with Gasteiger partial charge < -0.3 is 5.32 Å². The minimum Gasteiger partial charge on any atom is -0.353 e. The molecule has 3 rings (SSSR count). The Balaban J connectivity index is 1.63. The second kappa shape index (κ2) is 7.44. The highest BCUT2D eigenvalue weighted by atomic mass is 32.2. The van der Waals surface area contributed by atoms with E-state index in [1.807, 2.05) is 12.3 Å². The zero-order chi connectivity index (χ0) is 16.2. The molecule has 124 valence electrons. The van der Waals surface area contributed by atoms with E-state index in [-0.39, 0.29) is 29.5 Å². The van der Waals surface area contributed by atoms with Crippen molar-refractivity contribution in [2.45, 2.75) is 50.3 Å². The molecular weight excluding hydrogens is 332 g/mol. The summed E-state index contributed by atoms with van der Waals surface area (Å²) in [4.78, 5) is 34.9. The smallest absolute Gasteiger partial charge is 0.242 e. The molecular formula is C15H20N4O2S2. The minimum absolute atomic E-state index is 0.0330. The Morgan fingerprint density at radius 1 is 1.48 bits per heavy atom. The van der Waals surface area contributed by atoms with Crippen molar-refractivity contribution in [2.24, 2.45) is 4.99 Å². The number of amides is 2. The van der Waals surface area contributed by atoms with Gasteiger partial charge in [0.25, 0.3) is 0 Å². The monoisotopic (exact) mass is 352 g/mol. The lowest BCUT2D eigenvalue weighted by Crippen LogP contribution is -2.37. The van der Waals surface area contributed by atoms with Crippen LogP contribution in [-0.4, -0.2) is 44.7 Å². The molecule has 1 unspecified atom stereocenters. The maximum absolute atomic E-state index is 12.5. The molecule has 1 saturated heterocycles. The number of hydrogen-bond donors (Lipinski definition) is 1. The summed E-state index contributed by atoms with van der Waals surface area (Å²) in [5.41, 5.74) is 0. The van der Waals surface area contributed by atoms with Gasteiger partial charge in [-0.3, -0.25) is 14.5 Å². The SMILES string of the molecule is CCN1C(=O)C(CC(=O)NC2CCCC2)SC1=Nc1nccs1. The van der Waals surface area contributed by atoms with Crippen molar-refractivity contribution in [3.8, 4) is 0 Å². The number of aromatic nitrogens is 1. The molecule has 0 spiro atoms. The Bertz CT molecular complexity index is 597. The lowest BCUT2D eigenvalue weighted by atomic mass is 10.2. The Hall–Kier alpha value is -1.41. The van der Waals surface area contributed by atoms with E-state index in [1.165, 1.54) is 35.9 Å². The standard InChI is InChI=1S/C15H20N4O2S2/c1-2-19-13(21)11(9-12(20)17-10-5-3-4-6-10)23-15(19)18-14-16-7-8-22-14/h7-8,10-11H,2-6,9H2,1H3,(H,17,20). The topological polar surface area (TPSA) is 74.7 Å². The summed E-state index contributed by atoms with van der Waals surface area (Å²) < 4.78 is 0. The van der Waals surface area contributed by atoms with Gasteiger partial charge in [0.2, 0.25) is 16.9 Å². The fourth-order valence-electron chi connectivity index (χ4n) is 2.89. The maximum atomic E-state index is 12.5. The first-order chi connectivity index (χ1) is 11.2. The number of nitrogens with zero attached hydrogens (tertiary/aromatic N) is 3. The van der Waals surface area contributed by atoms with Gasteiger partial charge in [-0.15, -0.1) is 11.3 Å². The van der Waals surface area contributed by atoms with Crippen LogP contribution in [0.15, 0.2) is 16.6 Å². The van der Waals surface area contributed by atoms with Gasteiger partial charge in [0.15, 0.2) is 5.17 Å². The molecule has 0 bridgehead atoms. The van der Waals surface area contributed by atoms with Crippen molar-refractivity contribution in [1.29, 1.82) is 0 Å². The third-order valence-corrected chi connectivity index (χ3v) is 5.88. The highest BCUT2D eigenvalue weighted by Gasteiger charge is 2.38. The fourth-order valence-corrected chi connectivity index (χ4v) is 4.66. The maximum Gasteiger partial charge on any atom is 0.242 e. The summed E-state index contributed by atoms with van der Waals surface area (Å²) in [6.45, 7) is 2.47. The third kappa shape index (κ3) is 3.92. The van der Waals surface area contributed by atoms with E-state index in [0.717, 1.165) is 12.8 Å². The number of thioether (sulfide) groups is 1. The number of aliphatic imine (C=N–C) groups is 1. The molecule has 8 heteroatoms. The van der Waals surface area contributed by atoms with Crippen LogP contribution in [0.5, 0.6) is 0 Å². The van der Waals surface area contributed by atoms with Crippen LogP contribution in [0.1, 0.15) is 39.0 Å². The molecule has 2 aliphatic rings. The van der Waals surface area contributed by atoms with E-state index >= 15 is 0 Å². The van der Waals surface area contributed by atoms with Crippen LogP contribution in [-0.2, 0) is 9.59 Å². The zero-order valence-electron chi connectivity index (χ0n) is 13.0. The summed E-state index contributed by atoms with van der Waals surface area (Å²) in [6.07, 6.45) is 6.36. The second-order valence-electron chi connectivity index (χ2n) is 5.65. The number of carbonyl (C=O) groups is 2. The van der Waals surface area contributed by atoms with Crippen LogP contribution >= 0.6 is 23.1 Å². The molecule has 1 aliphatic heterocycles. The number of nitrogens with one attached hydrogen (secondary N) is 1. The van der Waals surface area contributed by atoms with E-state index in [9.17, 15) is 9.59 Å². The van der Waals surface area contributed by atoms with E-state index in [4.69, 9.17) is 0 Å². The van der Waals surface area contributed by atoms with Crippen LogP contribution in [0.4, 0.5) is 5.13 Å². The fraction of sp³-hybridized carbons (Fsp3) is 0.600. The largest absolute Gasteiger partial charge is 0.353 e. The third-order valence-electron chi connectivity index (χ3n) is 4.04. The molecule has 0 radical (unpaired) electrons. The predicted octanol–water partition coefficient (Wildman–Crippen LogP) is 2.54. The first-order valence-electron chi connectivity index (χ1n) is 7.93. The number of hydrogen-bond acceptors (Lipinski definition) is 6. The van der Waals surface area contributed by atoms with E-state index in [1.54, 1.807) is 11.1 Å². The van der Waals surface area contributed by atoms with Crippen LogP contribution in [0.25, 0.3) is 0 Å². The van der Waals surface area contributed by atoms with Crippen LogP contribution < -0.4 is 5.32 Å². The minimum atomic E-state index is -0.380. The molecule has 0 aromatic carbocycles. The summed E-state index contributed by atoms with van der Waals surface area (Å²) in [7, 11) is 0. The second-order valence-corrected chi connectivity index (χ2v) is 7.69. The lowest BCUT2D eigenvalue weighted by Gasteiger charge is -2.14. The molecule has 1 saturated carbocycles. The van der Waals surface area contributed by atoms with Crippen molar-refractivity contribution < 1.29 is 9.59 Å². The molecule has 2 heterocycles. The predicted molar refractivity (Wildman–Crippen MR) is 93.0 cm³/mol. The van der Waals surface area contributed by atoms with Gasteiger partial charge in [0.1, 0.15) is 5.25 Å². The van der Waals surface area contributed by atoms with Gasteiger partial charge in [-0.25, -0.2) is 4.98 Å². The average Bonchev–Trinajstić information content (AvgIpc) is 3.24. The van der Waals surface area contributed by atoms with Crippen molar-refractivity contribution in [2.75, 3.05) is 6.54 Å². The molecule has 23 heavy (non-hydrogen) atoms. The summed E-state index contributed by atoms with van der Waals surface area (Å²) in [5, 5.41) is 5.80.